The molecular formula is C27H41NO5Si. The van der Waals surface area contributed by atoms with Gasteiger partial charge in [-0.05, 0) is 72.4 Å². The highest BCUT2D eigenvalue weighted by Crippen LogP contribution is 2.41. The van der Waals surface area contributed by atoms with E-state index >= 15 is 0 Å². The molecule has 6 nitrogen and oxygen atoms in total. The molecule has 0 bridgehead atoms. The van der Waals surface area contributed by atoms with Crippen LogP contribution in [0.25, 0.3) is 0 Å². The van der Waals surface area contributed by atoms with Crippen LogP contribution < -0.4 is 24.3 Å². The Morgan fingerprint density at radius 3 is 2.15 bits per heavy atom. The van der Waals surface area contributed by atoms with Crippen LogP contribution in [0.5, 0.6) is 23.0 Å². The molecule has 0 saturated heterocycles. The lowest BCUT2D eigenvalue weighted by Crippen LogP contribution is -2.40. The van der Waals surface area contributed by atoms with E-state index in [4.69, 9.17) is 23.4 Å². The SMILES string of the molecule is COc1cc2c(cc1OC)[C@H](Cc1ccc(OC)c(OC)c1CO[Si](C)(C)C(C)(C)C)NCC2. The molecule has 0 saturated carbocycles. The number of nitrogens with one attached hydrogen (secondary N) is 1. The van der Waals surface area contributed by atoms with Crippen LogP contribution in [0.1, 0.15) is 49.1 Å². The van der Waals surface area contributed by atoms with Gasteiger partial charge in [0.1, 0.15) is 0 Å². The van der Waals surface area contributed by atoms with Crippen LogP contribution in [0.2, 0.25) is 18.1 Å². The lowest BCUT2D eigenvalue weighted by molar-refractivity contribution is 0.264. The molecule has 1 N–H and O–H groups in total. The molecule has 1 aliphatic rings. The number of hydrogen-bond donors (Lipinski definition) is 1. The van der Waals surface area contributed by atoms with Gasteiger partial charge in [-0.15, -0.1) is 0 Å². The quantitative estimate of drug-likeness (QED) is 0.460. The summed E-state index contributed by atoms with van der Waals surface area (Å²) in [5.74, 6) is 3.01. The number of benzene rings is 2. The molecule has 1 aliphatic heterocycles. The minimum absolute atomic E-state index is 0.124. The second kappa shape index (κ2) is 10.6. The summed E-state index contributed by atoms with van der Waals surface area (Å²) in [6.45, 7) is 12.7. The number of hydrogen-bond acceptors (Lipinski definition) is 6. The monoisotopic (exact) mass is 487 g/mol. The van der Waals surface area contributed by atoms with Gasteiger partial charge in [-0.1, -0.05) is 26.8 Å². The molecule has 0 aliphatic carbocycles. The molecule has 0 aromatic heterocycles. The van der Waals surface area contributed by atoms with E-state index in [1.807, 2.05) is 6.07 Å². The lowest BCUT2D eigenvalue weighted by atomic mass is 9.88. The van der Waals surface area contributed by atoms with Crippen LogP contribution in [-0.2, 0) is 23.9 Å². The number of methoxy groups -OCH3 is 4. The van der Waals surface area contributed by atoms with Crippen molar-refractivity contribution >= 4 is 8.32 Å². The molecule has 2 aromatic rings. The van der Waals surface area contributed by atoms with Crippen LogP contribution in [-0.4, -0.2) is 43.3 Å². The van der Waals surface area contributed by atoms with Crippen molar-refractivity contribution in [1.29, 1.82) is 0 Å². The average Bonchev–Trinajstić information content (AvgIpc) is 2.81. The predicted octanol–water partition coefficient (Wildman–Crippen LogP) is 5.67. The highest BCUT2D eigenvalue weighted by Gasteiger charge is 2.37. The molecule has 7 heteroatoms. The summed E-state index contributed by atoms with van der Waals surface area (Å²) in [5, 5.41) is 3.83. The molecule has 3 rings (SSSR count). The zero-order chi connectivity index (χ0) is 25.1. The molecule has 1 heterocycles. The van der Waals surface area contributed by atoms with Crippen molar-refractivity contribution < 1.29 is 23.4 Å². The van der Waals surface area contributed by atoms with Gasteiger partial charge in [0.15, 0.2) is 31.3 Å². The first kappa shape index (κ1) is 26.4. The Morgan fingerprint density at radius 1 is 0.912 bits per heavy atom. The maximum absolute atomic E-state index is 6.63. The third-order valence-corrected chi connectivity index (χ3v) is 11.8. The molecule has 0 radical (unpaired) electrons. The van der Waals surface area contributed by atoms with E-state index in [1.165, 1.54) is 16.7 Å². The summed E-state index contributed by atoms with van der Waals surface area (Å²) < 4.78 is 29.2. The maximum atomic E-state index is 6.63. The third-order valence-electron chi connectivity index (χ3n) is 7.36. The van der Waals surface area contributed by atoms with Crippen LogP contribution in [0.4, 0.5) is 0 Å². The van der Waals surface area contributed by atoms with Crippen LogP contribution in [0, 0.1) is 0 Å². The minimum atomic E-state index is -1.95. The molecule has 0 spiro atoms. The molecular weight excluding hydrogens is 446 g/mol. The van der Waals surface area contributed by atoms with Crippen molar-refractivity contribution in [2.75, 3.05) is 35.0 Å². The Hall–Kier alpha value is -2.22. The Morgan fingerprint density at radius 2 is 1.56 bits per heavy atom. The van der Waals surface area contributed by atoms with Crippen molar-refractivity contribution in [2.24, 2.45) is 0 Å². The maximum Gasteiger partial charge on any atom is 0.192 e. The molecule has 0 unspecified atom stereocenters. The number of rotatable bonds is 9. The summed E-state index contributed by atoms with van der Waals surface area (Å²) in [5.41, 5.74) is 4.79. The minimum Gasteiger partial charge on any atom is -0.493 e. The van der Waals surface area contributed by atoms with Crippen molar-refractivity contribution in [3.63, 3.8) is 0 Å². The Kier molecular flexibility index (Phi) is 8.21. The molecule has 2 aromatic carbocycles. The third kappa shape index (κ3) is 5.37. The molecule has 188 valence electrons. The highest BCUT2D eigenvalue weighted by atomic mass is 28.4. The first-order valence-corrected chi connectivity index (χ1v) is 14.8. The zero-order valence-corrected chi connectivity index (χ0v) is 23.3. The molecule has 1 atom stereocenters. The predicted molar refractivity (Wildman–Crippen MR) is 139 cm³/mol. The summed E-state index contributed by atoms with van der Waals surface area (Å²) in [6, 6.07) is 8.49. The largest absolute Gasteiger partial charge is 0.493 e. The van der Waals surface area contributed by atoms with E-state index in [-0.39, 0.29) is 11.1 Å². The van der Waals surface area contributed by atoms with E-state index in [0.717, 1.165) is 47.9 Å². The van der Waals surface area contributed by atoms with Crippen LogP contribution >= 0.6 is 0 Å². The van der Waals surface area contributed by atoms with Crippen molar-refractivity contribution in [3.8, 4) is 23.0 Å². The molecule has 0 fully saturated rings. The fraction of sp³-hybridized carbons (Fsp3) is 0.556. The van der Waals surface area contributed by atoms with Gasteiger partial charge in [0.25, 0.3) is 0 Å². The second-order valence-corrected chi connectivity index (χ2v) is 15.2. The van der Waals surface area contributed by atoms with Gasteiger partial charge >= 0.3 is 0 Å². The fourth-order valence-corrected chi connectivity index (χ4v) is 5.16. The smallest absolute Gasteiger partial charge is 0.192 e. The summed E-state index contributed by atoms with van der Waals surface area (Å²) >= 11 is 0. The van der Waals surface area contributed by atoms with Gasteiger partial charge in [-0.25, -0.2) is 0 Å². The zero-order valence-electron chi connectivity index (χ0n) is 22.3. The van der Waals surface area contributed by atoms with Gasteiger partial charge in [-0.3, -0.25) is 0 Å². The standard InChI is InChI=1S/C27H41NO5Si/c1-27(2,3)34(8,9)33-17-21-18(10-11-23(29-4)26(21)32-7)14-22-20-16-25(31-6)24(30-5)15-19(20)12-13-28-22/h10-11,15-16,22,28H,12-14,17H2,1-9H3/t22-/m0/s1. The Labute approximate surface area is 206 Å². The average molecular weight is 488 g/mol. The van der Waals surface area contributed by atoms with E-state index in [9.17, 15) is 0 Å². The lowest BCUT2D eigenvalue weighted by Gasteiger charge is -2.36. The molecule has 0 amide bonds. The summed E-state index contributed by atoms with van der Waals surface area (Å²) in [7, 11) is 4.79. The van der Waals surface area contributed by atoms with Gasteiger partial charge in [0.05, 0.1) is 35.0 Å². The first-order chi connectivity index (χ1) is 16.1. The van der Waals surface area contributed by atoms with Crippen molar-refractivity contribution in [3.05, 3.63) is 46.5 Å². The number of ether oxygens (including phenoxy) is 4. The second-order valence-electron chi connectivity index (χ2n) is 10.4. The van der Waals surface area contributed by atoms with Crippen LogP contribution in [0.15, 0.2) is 24.3 Å². The highest BCUT2D eigenvalue weighted by molar-refractivity contribution is 6.74. The Balaban J connectivity index is 2.00. The fourth-order valence-electron chi connectivity index (χ4n) is 4.22. The van der Waals surface area contributed by atoms with E-state index in [0.29, 0.717) is 6.61 Å². The van der Waals surface area contributed by atoms with Gasteiger partial charge in [-0.2, -0.15) is 0 Å². The van der Waals surface area contributed by atoms with Crippen LogP contribution in [0.3, 0.4) is 0 Å². The summed E-state index contributed by atoms with van der Waals surface area (Å²) in [4.78, 5) is 0. The summed E-state index contributed by atoms with van der Waals surface area (Å²) in [6.07, 6.45) is 1.76. The van der Waals surface area contributed by atoms with E-state index in [1.54, 1.807) is 28.4 Å². The van der Waals surface area contributed by atoms with Gasteiger partial charge in [0, 0.05) is 11.6 Å². The van der Waals surface area contributed by atoms with E-state index in [2.05, 4.69) is 57.4 Å². The molecule has 34 heavy (non-hydrogen) atoms. The van der Waals surface area contributed by atoms with Gasteiger partial charge in [0.2, 0.25) is 0 Å². The van der Waals surface area contributed by atoms with Crippen molar-refractivity contribution in [2.45, 2.75) is 64.4 Å². The first-order valence-electron chi connectivity index (χ1n) is 11.9. The topological polar surface area (TPSA) is 58.2 Å². The normalized spacial score (nSPS) is 16.1. The Bertz CT molecular complexity index is 999. The van der Waals surface area contributed by atoms with E-state index < -0.39 is 8.32 Å². The number of fused-ring (bicyclic) bond motifs is 1. The van der Waals surface area contributed by atoms with Gasteiger partial charge < -0.3 is 28.7 Å². The van der Waals surface area contributed by atoms with Crippen molar-refractivity contribution in [1.82, 2.24) is 5.32 Å².